The number of hydrazine groups is 1. The van der Waals surface area contributed by atoms with Crippen molar-refractivity contribution in [3.8, 4) is 0 Å². The molecule has 0 spiro atoms. The van der Waals surface area contributed by atoms with Crippen molar-refractivity contribution in [1.82, 2.24) is 20.7 Å². The summed E-state index contributed by atoms with van der Waals surface area (Å²) >= 11 is 24.2. The van der Waals surface area contributed by atoms with Crippen molar-refractivity contribution in [3.63, 3.8) is 0 Å². The molecule has 2 aliphatic rings. The van der Waals surface area contributed by atoms with Gasteiger partial charge in [-0.05, 0) is 47.6 Å². The maximum absolute atomic E-state index is 12.7. The first-order valence-corrected chi connectivity index (χ1v) is 11.2. The number of fused-ring (bicyclic) bond motifs is 1. The molecule has 0 bridgehead atoms. The lowest BCUT2D eigenvalue weighted by molar-refractivity contribution is -0.123. The van der Waals surface area contributed by atoms with Gasteiger partial charge in [-0.2, -0.15) is 5.01 Å². The highest BCUT2D eigenvalue weighted by Crippen LogP contribution is 2.44. The average molecular weight is 510 g/mol. The second-order valence-electron chi connectivity index (χ2n) is 9.16. The molecule has 7 nitrogen and oxygen atoms in total. The summed E-state index contributed by atoms with van der Waals surface area (Å²) in [5, 5.41) is 3.19. The first-order valence-electron chi connectivity index (χ1n) is 9.70. The van der Waals surface area contributed by atoms with E-state index in [9.17, 15) is 14.4 Å². The van der Waals surface area contributed by atoms with Crippen molar-refractivity contribution in [1.29, 1.82) is 0 Å². The Morgan fingerprint density at radius 1 is 0.903 bits per heavy atom. The zero-order valence-corrected chi connectivity index (χ0v) is 20.9. The van der Waals surface area contributed by atoms with Crippen LogP contribution in [0.3, 0.4) is 0 Å². The third-order valence-corrected chi connectivity index (χ3v) is 8.00. The average Bonchev–Trinajstić information content (AvgIpc) is 2.91. The van der Waals surface area contributed by atoms with E-state index in [4.69, 9.17) is 46.4 Å². The van der Waals surface area contributed by atoms with Gasteiger partial charge in [0.05, 0.1) is 37.8 Å². The van der Waals surface area contributed by atoms with E-state index in [1.807, 2.05) is 0 Å². The summed E-state index contributed by atoms with van der Waals surface area (Å²) in [4.78, 5) is 40.3. The molecule has 170 valence electrons. The number of amides is 3. The van der Waals surface area contributed by atoms with Gasteiger partial charge in [0.1, 0.15) is 0 Å². The number of piperidine rings is 1. The zero-order valence-electron chi connectivity index (χ0n) is 17.8. The highest BCUT2D eigenvalue weighted by Gasteiger charge is 2.44. The van der Waals surface area contributed by atoms with Crippen LogP contribution < -0.4 is 10.7 Å². The predicted octanol–water partition coefficient (Wildman–Crippen LogP) is 4.17. The molecule has 2 N–H and O–H groups in total. The number of hydrogen-bond acceptors (Lipinski definition) is 5. The van der Waals surface area contributed by atoms with Crippen molar-refractivity contribution in [2.24, 2.45) is 0 Å². The Bertz CT molecular complexity index is 915. The van der Waals surface area contributed by atoms with Gasteiger partial charge in [-0.25, -0.2) is 0 Å². The molecule has 1 aromatic carbocycles. The van der Waals surface area contributed by atoms with Crippen LogP contribution in [0.25, 0.3) is 0 Å². The number of carbonyl (C=O) groups excluding carboxylic acids is 3. The molecule has 3 amide bonds. The molecule has 0 aliphatic carbocycles. The van der Waals surface area contributed by atoms with Gasteiger partial charge in [-0.3, -0.25) is 24.7 Å². The fraction of sp³-hybridized carbons (Fsp3) is 0.550. The number of carbonyl (C=O) groups is 3. The van der Waals surface area contributed by atoms with Crippen LogP contribution in [0.15, 0.2) is 0 Å². The summed E-state index contributed by atoms with van der Waals surface area (Å²) in [5.74, 6) is -2.19. The Kier molecular flexibility index (Phi) is 6.62. The highest BCUT2D eigenvalue weighted by molar-refractivity contribution is 6.55. The maximum Gasteiger partial charge on any atom is 0.282 e. The highest BCUT2D eigenvalue weighted by atomic mass is 35.5. The fourth-order valence-electron chi connectivity index (χ4n) is 4.37. The van der Waals surface area contributed by atoms with Crippen molar-refractivity contribution in [3.05, 3.63) is 31.2 Å². The Balaban J connectivity index is 1.69. The Labute approximate surface area is 201 Å². The molecular formula is C20H24Cl4N4O3. The second-order valence-corrected chi connectivity index (χ2v) is 10.7. The molecule has 1 fully saturated rings. The van der Waals surface area contributed by atoms with Crippen LogP contribution in [-0.4, -0.2) is 58.3 Å². The number of halogens is 4. The van der Waals surface area contributed by atoms with E-state index in [0.29, 0.717) is 5.01 Å². The van der Waals surface area contributed by atoms with Gasteiger partial charge in [0.25, 0.3) is 17.7 Å². The van der Waals surface area contributed by atoms with Crippen molar-refractivity contribution in [2.75, 3.05) is 13.6 Å². The van der Waals surface area contributed by atoms with Crippen LogP contribution in [0.1, 0.15) is 61.3 Å². The summed E-state index contributed by atoms with van der Waals surface area (Å²) in [5.41, 5.74) is 1.86. The molecule has 1 aromatic rings. The van der Waals surface area contributed by atoms with Gasteiger partial charge < -0.3 is 5.32 Å². The molecule has 11 heteroatoms. The molecule has 0 radical (unpaired) electrons. The summed E-state index contributed by atoms with van der Waals surface area (Å²) in [6, 6.07) is 0.0932. The van der Waals surface area contributed by atoms with Crippen molar-refractivity contribution in [2.45, 2.75) is 57.7 Å². The molecule has 3 rings (SSSR count). The van der Waals surface area contributed by atoms with E-state index in [-0.39, 0.29) is 54.9 Å². The lowest BCUT2D eigenvalue weighted by atomic mass is 9.77. The van der Waals surface area contributed by atoms with Gasteiger partial charge in [0.2, 0.25) is 0 Å². The lowest BCUT2D eigenvalue weighted by Gasteiger charge is -2.53. The van der Waals surface area contributed by atoms with E-state index in [0.717, 1.165) is 12.8 Å². The minimum absolute atomic E-state index is 0.0511. The van der Waals surface area contributed by atoms with E-state index in [1.54, 1.807) is 0 Å². The summed E-state index contributed by atoms with van der Waals surface area (Å²) in [6.45, 7) is 8.56. The molecule has 2 heterocycles. The molecular weight excluding hydrogens is 486 g/mol. The molecule has 0 unspecified atom stereocenters. The monoisotopic (exact) mass is 508 g/mol. The van der Waals surface area contributed by atoms with Crippen LogP contribution in [-0.2, 0) is 4.79 Å². The normalized spacial score (nSPS) is 20.9. The zero-order chi connectivity index (χ0) is 23.5. The van der Waals surface area contributed by atoms with E-state index in [2.05, 4.69) is 50.4 Å². The number of hydrogen-bond donors (Lipinski definition) is 2. The minimum Gasteiger partial charge on any atom is -0.305 e. The number of rotatable bonds is 4. The van der Waals surface area contributed by atoms with Crippen molar-refractivity contribution >= 4 is 64.1 Å². The maximum atomic E-state index is 12.7. The topological polar surface area (TPSA) is 81.8 Å². The van der Waals surface area contributed by atoms with Gasteiger partial charge in [0.15, 0.2) is 0 Å². The summed E-state index contributed by atoms with van der Waals surface area (Å²) in [7, 11) is 2.10. The fourth-order valence-corrected chi connectivity index (χ4v) is 5.38. The van der Waals surface area contributed by atoms with Gasteiger partial charge in [-0.1, -0.05) is 46.4 Å². The van der Waals surface area contributed by atoms with Crippen LogP contribution >= 0.6 is 46.4 Å². The minimum atomic E-state index is -0.819. The van der Waals surface area contributed by atoms with Gasteiger partial charge in [-0.15, -0.1) is 0 Å². The first kappa shape index (κ1) is 24.6. The number of nitrogens with one attached hydrogen (secondary N) is 2. The van der Waals surface area contributed by atoms with Crippen LogP contribution in [0, 0.1) is 0 Å². The summed E-state index contributed by atoms with van der Waals surface area (Å²) < 4.78 is 0. The third kappa shape index (κ3) is 4.28. The summed E-state index contributed by atoms with van der Waals surface area (Å²) in [6.07, 6.45) is 1.69. The lowest BCUT2D eigenvalue weighted by Crippen LogP contribution is -2.62. The quantitative estimate of drug-likeness (QED) is 0.361. The molecule has 2 aliphatic heterocycles. The van der Waals surface area contributed by atoms with Crippen LogP contribution in [0.4, 0.5) is 0 Å². The van der Waals surface area contributed by atoms with Gasteiger partial charge >= 0.3 is 0 Å². The van der Waals surface area contributed by atoms with Crippen molar-refractivity contribution < 1.29 is 14.4 Å². The smallest absolute Gasteiger partial charge is 0.282 e. The molecule has 0 atom stereocenters. The van der Waals surface area contributed by atoms with E-state index < -0.39 is 17.7 Å². The molecule has 31 heavy (non-hydrogen) atoms. The molecule has 0 aromatic heterocycles. The largest absolute Gasteiger partial charge is 0.305 e. The second kappa shape index (κ2) is 8.36. The number of likely N-dealkylation sites (tertiary alicyclic amines) is 1. The van der Waals surface area contributed by atoms with E-state index >= 15 is 0 Å². The molecule has 1 saturated heterocycles. The third-order valence-electron chi connectivity index (χ3n) is 6.20. The van der Waals surface area contributed by atoms with E-state index in [1.165, 1.54) is 0 Å². The Morgan fingerprint density at radius 2 is 1.32 bits per heavy atom. The van der Waals surface area contributed by atoms with Crippen LogP contribution in [0.5, 0.6) is 0 Å². The number of imide groups is 1. The number of nitrogens with zero attached hydrogens (tertiary/aromatic N) is 2. The van der Waals surface area contributed by atoms with Gasteiger partial charge in [0, 0.05) is 17.1 Å². The Hall–Kier alpha value is -1.09. The standard InChI is InChI=1S/C20H24Cl4N4O3/c1-19(2)6-9(7-20(3,4)27(19)5)25-8-10(29)26-28-17(30)11-12(18(28)31)14(22)16(24)15(23)13(11)21/h9,25H,6-8H2,1-5H3,(H,26,29). The Morgan fingerprint density at radius 3 is 1.74 bits per heavy atom. The SMILES string of the molecule is CN1C(C)(C)CC(NCC(=O)NN2C(=O)c3c(Cl)c(Cl)c(Cl)c(Cl)c3C2=O)CC1(C)C. The first-order chi connectivity index (χ1) is 14.2. The molecule has 0 saturated carbocycles. The van der Waals surface area contributed by atoms with Crippen LogP contribution in [0.2, 0.25) is 20.1 Å². The number of benzene rings is 1. The predicted molar refractivity (Wildman–Crippen MR) is 122 cm³/mol.